The number of hydrogen-bond acceptors (Lipinski definition) is 3. The van der Waals surface area contributed by atoms with Crippen molar-refractivity contribution in [1.82, 2.24) is 20.5 Å². The molecule has 0 spiro atoms. The number of urea groups is 1. The second-order valence-corrected chi connectivity index (χ2v) is 10.9. The maximum atomic E-state index is 12.7. The number of carbonyl (C=O) groups excluding carboxylic acids is 3. The van der Waals surface area contributed by atoms with Crippen LogP contribution in [0.3, 0.4) is 0 Å². The van der Waals surface area contributed by atoms with Gasteiger partial charge in [0.05, 0.1) is 6.42 Å². The van der Waals surface area contributed by atoms with Crippen molar-refractivity contribution >= 4 is 34.3 Å². The Kier molecular flexibility index (Phi) is 7.71. The summed E-state index contributed by atoms with van der Waals surface area (Å²) in [5.74, 6) is 0.180. The summed E-state index contributed by atoms with van der Waals surface area (Å²) in [6.45, 7) is 16.1. The molecular weight excluding hydrogens is 464 g/mol. The van der Waals surface area contributed by atoms with Crippen molar-refractivity contribution in [3.05, 3.63) is 64.9 Å². The number of likely N-dealkylation sites (tertiary alicyclic amines) is 1. The highest BCUT2D eigenvalue weighted by atomic mass is 16.2. The Balaban J connectivity index is 1.54. The highest BCUT2D eigenvalue weighted by Crippen LogP contribution is 2.37. The number of fused-ring (bicyclic) bond motifs is 1. The molecule has 1 atom stereocenters. The van der Waals surface area contributed by atoms with Gasteiger partial charge in [-0.2, -0.15) is 0 Å². The number of allylic oxidation sites excluding steroid dienone is 5. The summed E-state index contributed by atoms with van der Waals surface area (Å²) < 4.78 is 0. The summed E-state index contributed by atoms with van der Waals surface area (Å²) in [5, 5.41) is 5.94. The minimum Gasteiger partial charge on any atom is -0.354 e. The quantitative estimate of drug-likeness (QED) is 0.344. The largest absolute Gasteiger partial charge is 0.354 e. The minimum absolute atomic E-state index is 0.00376. The van der Waals surface area contributed by atoms with Crippen LogP contribution >= 0.6 is 0 Å². The summed E-state index contributed by atoms with van der Waals surface area (Å²) in [4.78, 5) is 41.4. The number of aromatic amines is 1. The predicted octanol–water partition coefficient (Wildman–Crippen LogP) is 5.52. The number of amides is 4. The van der Waals surface area contributed by atoms with Gasteiger partial charge in [-0.25, -0.2) is 4.79 Å². The molecule has 0 saturated carbocycles. The van der Waals surface area contributed by atoms with E-state index in [2.05, 4.69) is 80.2 Å². The molecule has 1 aromatic heterocycles. The maximum absolute atomic E-state index is 12.7. The highest BCUT2D eigenvalue weighted by Gasteiger charge is 2.33. The van der Waals surface area contributed by atoms with Gasteiger partial charge in [0.25, 0.3) is 5.91 Å². The predicted molar refractivity (Wildman–Crippen MR) is 148 cm³/mol. The van der Waals surface area contributed by atoms with Gasteiger partial charge in [-0.1, -0.05) is 49.8 Å². The number of rotatable bonds is 7. The van der Waals surface area contributed by atoms with Crippen LogP contribution in [-0.4, -0.2) is 46.9 Å². The Hall–Kier alpha value is -3.61. The van der Waals surface area contributed by atoms with Crippen molar-refractivity contribution in [1.29, 1.82) is 0 Å². The normalized spacial score (nSPS) is 18.8. The Morgan fingerprint density at radius 1 is 1.14 bits per heavy atom. The summed E-state index contributed by atoms with van der Waals surface area (Å²) >= 11 is 0. The lowest BCUT2D eigenvalue weighted by atomic mass is 9.87. The highest BCUT2D eigenvalue weighted by molar-refractivity contribution is 6.05. The molecule has 2 aliphatic rings. The number of aromatic nitrogens is 1. The fraction of sp³-hybridized carbons (Fsp3) is 0.433. The molecule has 2 aromatic rings. The molecule has 37 heavy (non-hydrogen) atoms. The SMILES string of the molecule is C=C(C)/C=C(\C=C(C)C)c1[nH]c2ccc(C3CCN(C(=O)CC4NC(=O)NC4=O)CC3)cc2c1C(C)C. The molecule has 3 heterocycles. The number of piperidine rings is 1. The van der Waals surface area contributed by atoms with Crippen LogP contribution < -0.4 is 10.6 Å². The second-order valence-electron chi connectivity index (χ2n) is 10.9. The van der Waals surface area contributed by atoms with Crippen LogP contribution in [0.25, 0.3) is 16.5 Å². The monoisotopic (exact) mass is 502 g/mol. The van der Waals surface area contributed by atoms with E-state index in [4.69, 9.17) is 0 Å². The number of H-pyrrole nitrogens is 1. The number of hydrogen-bond donors (Lipinski definition) is 3. The number of nitrogens with zero attached hydrogens (tertiary/aromatic N) is 1. The van der Waals surface area contributed by atoms with Gasteiger partial charge >= 0.3 is 6.03 Å². The average molecular weight is 503 g/mol. The van der Waals surface area contributed by atoms with Crippen molar-refractivity contribution in [2.75, 3.05) is 13.1 Å². The first-order valence-corrected chi connectivity index (χ1v) is 13.1. The number of nitrogens with one attached hydrogen (secondary N) is 3. The summed E-state index contributed by atoms with van der Waals surface area (Å²) in [6.07, 6.45) is 6.09. The van der Waals surface area contributed by atoms with Gasteiger partial charge in [-0.3, -0.25) is 14.9 Å². The zero-order chi connectivity index (χ0) is 26.9. The van der Waals surface area contributed by atoms with E-state index in [-0.39, 0.29) is 12.3 Å². The first-order chi connectivity index (χ1) is 17.5. The lowest BCUT2D eigenvalue weighted by Crippen LogP contribution is -2.42. The van der Waals surface area contributed by atoms with E-state index >= 15 is 0 Å². The van der Waals surface area contributed by atoms with Gasteiger partial charge in [0.2, 0.25) is 5.91 Å². The molecule has 1 aromatic carbocycles. The fourth-order valence-corrected chi connectivity index (χ4v) is 5.44. The first-order valence-electron chi connectivity index (χ1n) is 13.1. The van der Waals surface area contributed by atoms with Gasteiger partial charge in [0.1, 0.15) is 6.04 Å². The van der Waals surface area contributed by atoms with E-state index in [1.165, 1.54) is 22.1 Å². The Labute approximate surface area is 219 Å². The minimum atomic E-state index is -0.771. The summed E-state index contributed by atoms with van der Waals surface area (Å²) in [6, 6.07) is 5.41. The van der Waals surface area contributed by atoms with Gasteiger partial charge in [-0.15, -0.1) is 0 Å². The van der Waals surface area contributed by atoms with E-state index in [9.17, 15) is 14.4 Å². The second kappa shape index (κ2) is 10.8. The molecule has 196 valence electrons. The third-order valence-corrected chi connectivity index (χ3v) is 7.13. The third-order valence-electron chi connectivity index (χ3n) is 7.13. The van der Waals surface area contributed by atoms with Crippen molar-refractivity contribution in [3.8, 4) is 0 Å². The topological polar surface area (TPSA) is 94.3 Å². The Morgan fingerprint density at radius 3 is 2.41 bits per heavy atom. The molecule has 4 rings (SSSR count). The maximum Gasteiger partial charge on any atom is 0.322 e. The molecule has 0 bridgehead atoms. The smallest absolute Gasteiger partial charge is 0.322 e. The van der Waals surface area contributed by atoms with Gasteiger partial charge < -0.3 is 15.2 Å². The lowest BCUT2D eigenvalue weighted by Gasteiger charge is -2.32. The molecule has 2 fully saturated rings. The molecule has 3 N–H and O–H groups in total. The number of carbonyl (C=O) groups is 3. The van der Waals surface area contributed by atoms with Crippen LogP contribution in [0.2, 0.25) is 0 Å². The third kappa shape index (κ3) is 5.87. The molecule has 7 nitrogen and oxygen atoms in total. The zero-order valence-electron chi connectivity index (χ0n) is 22.5. The molecule has 0 aliphatic carbocycles. The Morgan fingerprint density at radius 2 is 1.84 bits per heavy atom. The van der Waals surface area contributed by atoms with Gasteiger partial charge in [-0.05, 0) is 74.3 Å². The Bertz CT molecular complexity index is 1300. The van der Waals surface area contributed by atoms with E-state index in [0.717, 1.165) is 35.2 Å². The number of benzene rings is 1. The molecular formula is C30H38N4O3. The molecule has 4 amide bonds. The van der Waals surface area contributed by atoms with Crippen molar-refractivity contribution < 1.29 is 14.4 Å². The van der Waals surface area contributed by atoms with Crippen LogP contribution in [-0.2, 0) is 9.59 Å². The number of imide groups is 1. The zero-order valence-corrected chi connectivity index (χ0v) is 22.5. The summed E-state index contributed by atoms with van der Waals surface area (Å²) in [7, 11) is 0. The van der Waals surface area contributed by atoms with Gasteiger partial charge in [0.15, 0.2) is 0 Å². The van der Waals surface area contributed by atoms with Gasteiger partial charge in [0, 0.05) is 29.7 Å². The fourth-order valence-electron chi connectivity index (χ4n) is 5.44. The molecule has 2 aliphatic heterocycles. The van der Waals surface area contributed by atoms with Crippen LogP contribution in [0.4, 0.5) is 4.79 Å². The molecule has 7 heteroatoms. The molecule has 1 unspecified atom stereocenters. The average Bonchev–Trinajstić information content (AvgIpc) is 3.36. The van der Waals surface area contributed by atoms with Crippen LogP contribution in [0.1, 0.15) is 82.5 Å². The van der Waals surface area contributed by atoms with Crippen LogP contribution in [0, 0.1) is 0 Å². The van der Waals surface area contributed by atoms with Crippen molar-refractivity contribution in [3.63, 3.8) is 0 Å². The van der Waals surface area contributed by atoms with Crippen molar-refractivity contribution in [2.24, 2.45) is 0 Å². The first kappa shape index (κ1) is 26.5. The van der Waals surface area contributed by atoms with Crippen LogP contribution in [0.5, 0.6) is 0 Å². The van der Waals surface area contributed by atoms with Crippen molar-refractivity contribution in [2.45, 2.75) is 71.8 Å². The van der Waals surface area contributed by atoms with E-state index < -0.39 is 18.0 Å². The van der Waals surface area contributed by atoms with E-state index in [1.54, 1.807) is 0 Å². The molecule has 0 radical (unpaired) electrons. The molecule has 2 saturated heterocycles. The standard InChI is InChI=1S/C30H38N4O3/c1-17(2)13-22(14-18(3)4)28-27(19(5)6)23-15-21(7-8-24(23)31-28)20-9-11-34(12-10-20)26(35)16-25-29(36)33-30(37)32-25/h7-8,13-15,19-20,25,31H,1,9-12,16H2,2-6H3,(H2,32,33,36,37)/b22-13+. The summed E-state index contributed by atoms with van der Waals surface area (Å²) in [5.41, 5.74) is 8.27. The lowest BCUT2D eigenvalue weighted by molar-refractivity contribution is -0.134. The van der Waals surface area contributed by atoms with E-state index in [0.29, 0.717) is 24.9 Å². The van der Waals surface area contributed by atoms with Crippen LogP contribution in [0.15, 0.2) is 48.1 Å². The van der Waals surface area contributed by atoms with E-state index in [1.807, 2.05) is 11.8 Å².